The number of alkyl halides is 3. The number of aryl methyl sites for hydroxylation is 1. The van der Waals surface area contributed by atoms with E-state index in [4.69, 9.17) is 22.1 Å². The Morgan fingerprint density at radius 3 is 2.76 bits per heavy atom. The van der Waals surface area contributed by atoms with Gasteiger partial charge in [0.2, 0.25) is 0 Å². The van der Waals surface area contributed by atoms with Crippen molar-refractivity contribution in [3.63, 3.8) is 0 Å². The van der Waals surface area contributed by atoms with Crippen LogP contribution in [-0.4, -0.2) is 24.7 Å². The lowest BCUT2D eigenvalue weighted by atomic mass is 10.2. The van der Waals surface area contributed by atoms with Crippen LogP contribution in [0.25, 0.3) is 0 Å². The number of amidine groups is 1. The molecule has 0 bridgehead atoms. The Labute approximate surface area is 103 Å². The molecule has 0 fully saturated rings. The molecule has 0 atom stereocenters. The van der Waals surface area contributed by atoms with Gasteiger partial charge in [0, 0.05) is 0 Å². The van der Waals surface area contributed by atoms with Gasteiger partial charge in [-0.15, -0.1) is 11.6 Å². The third kappa shape index (κ3) is 4.56. The monoisotopic (exact) mass is 262 g/mol. The van der Waals surface area contributed by atoms with Gasteiger partial charge >= 0.3 is 0 Å². The van der Waals surface area contributed by atoms with Gasteiger partial charge in [0.05, 0.1) is 11.6 Å². The zero-order valence-electron chi connectivity index (χ0n) is 9.29. The van der Waals surface area contributed by atoms with Crippen molar-refractivity contribution in [3.05, 3.63) is 23.8 Å². The molecule has 0 spiro atoms. The molecule has 0 aliphatic carbocycles. The highest BCUT2D eigenvalue weighted by Gasteiger charge is 2.05. The van der Waals surface area contributed by atoms with Gasteiger partial charge in [0.1, 0.15) is 18.2 Å². The minimum Gasteiger partial charge on any atom is -0.488 e. The van der Waals surface area contributed by atoms with Crippen molar-refractivity contribution in [1.82, 2.24) is 0 Å². The van der Waals surface area contributed by atoms with Crippen LogP contribution in [-0.2, 0) is 0 Å². The molecule has 0 aromatic heterocycles. The average Bonchev–Trinajstić information content (AvgIpc) is 2.29. The smallest absolute Gasteiger partial charge is 0.272 e. The number of nitrogens with two attached hydrogens (primary N) is 1. The summed E-state index contributed by atoms with van der Waals surface area (Å²) in [6, 6.07) is 4.84. The fraction of sp³-hybridized carbons (Fsp3) is 0.364. The van der Waals surface area contributed by atoms with Gasteiger partial charge in [0.25, 0.3) is 6.43 Å². The van der Waals surface area contributed by atoms with Gasteiger partial charge in [-0.05, 0) is 30.7 Å². The Balaban J connectivity index is 2.79. The van der Waals surface area contributed by atoms with Crippen molar-refractivity contribution in [3.8, 4) is 5.75 Å². The predicted octanol–water partition coefficient (Wildman–Crippen LogP) is 2.87. The number of hydrogen-bond donors (Lipinski definition) is 1. The van der Waals surface area contributed by atoms with Crippen LogP contribution >= 0.6 is 11.6 Å². The van der Waals surface area contributed by atoms with Gasteiger partial charge in [-0.3, -0.25) is 0 Å². The molecule has 94 valence electrons. The van der Waals surface area contributed by atoms with Crippen LogP contribution in [0.2, 0.25) is 0 Å². The summed E-state index contributed by atoms with van der Waals surface area (Å²) in [7, 11) is 0. The number of benzene rings is 1. The van der Waals surface area contributed by atoms with Crippen molar-refractivity contribution in [2.75, 3.05) is 12.5 Å². The topological polar surface area (TPSA) is 47.6 Å². The van der Waals surface area contributed by atoms with Gasteiger partial charge in [0.15, 0.2) is 0 Å². The van der Waals surface area contributed by atoms with E-state index < -0.39 is 13.0 Å². The Morgan fingerprint density at radius 2 is 2.24 bits per heavy atom. The van der Waals surface area contributed by atoms with E-state index >= 15 is 0 Å². The van der Waals surface area contributed by atoms with Gasteiger partial charge in [-0.2, -0.15) is 0 Å². The molecule has 17 heavy (non-hydrogen) atoms. The normalized spacial score (nSPS) is 11.9. The Kier molecular flexibility index (Phi) is 5.15. The quantitative estimate of drug-likeness (QED) is 0.504. The first-order valence-corrected chi connectivity index (χ1v) is 5.47. The van der Waals surface area contributed by atoms with Crippen LogP contribution in [0.5, 0.6) is 5.75 Å². The maximum atomic E-state index is 11.9. The van der Waals surface area contributed by atoms with Crippen LogP contribution < -0.4 is 10.5 Å². The van der Waals surface area contributed by atoms with E-state index in [0.29, 0.717) is 17.3 Å². The second-order valence-corrected chi connectivity index (χ2v) is 3.65. The number of hydrogen-bond acceptors (Lipinski definition) is 2. The van der Waals surface area contributed by atoms with Crippen molar-refractivity contribution < 1.29 is 13.5 Å². The highest BCUT2D eigenvalue weighted by Crippen LogP contribution is 2.24. The molecule has 0 saturated heterocycles. The van der Waals surface area contributed by atoms with Crippen molar-refractivity contribution in [2.24, 2.45) is 10.7 Å². The second-order valence-electron chi connectivity index (χ2n) is 3.39. The Bertz CT molecular complexity index is 410. The zero-order valence-corrected chi connectivity index (χ0v) is 10.0. The number of halogens is 3. The first kappa shape index (κ1) is 13.7. The molecule has 0 heterocycles. The number of aliphatic imine (C=N–C) groups is 1. The summed E-state index contributed by atoms with van der Waals surface area (Å²) >= 11 is 5.51. The average molecular weight is 263 g/mol. The first-order valence-electron chi connectivity index (χ1n) is 4.93. The third-order valence-electron chi connectivity index (χ3n) is 1.95. The van der Waals surface area contributed by atoms with Gasteiger partial charge in [-0.25, -0.2) is 13.8 Å². The summed E-state index contributed by atoms with van der Waals surface area (Å²) in [5.74, 6) is 0.825. The molecule has 0 aliphatic heterocycles. The summed E-state index contributed by atoms with van der Waals surface area (Å²) in [6.07, 6.45) is -2.49. The lowest BCUT2D eigenvalue weighted by Gasteiger charge is -2.07. The molecular weight excluding hydrogens is 250 g/mol. The van der Waals surface area contributed by atoms with E-state index in [9.17, 15) is 8.78 Å². The van der Waals surface area contributed by atoms with E-state index in [1.807, 2.05) is 0 Å². The minimum atomic E-state index is -2.49. The zero-order chi connectivity index (χ0) is 12.8. The predicted molar refractivity (Wildman–Crippen MR) is 64.7 cm³/mol. The highest BCUT2D eigenvalue weighted by atomic mass is 35.5. The molecule has 1 aromatic carbocycles. The fourth-order valence-electron chi connectivity index (χ4n) is 1.19. The van der Waals surface area contributed by atoms with Crippen LogP contribution in [0.4, 0.5) is 14.5 Å². The SMILES string of the molecule is Cc1cc(OCC(F)F)ccc1N=C(N)CCl. The summed E-state index contributed by atoms with van der Waals surface area (Å²) < 4.78 is 28.8. The number of ether oxygens (including phenoxy) is 1. The fourth-order valence-corrected chi connectivity index (χ4v) is 1.25. The molecule has 6 heteroatoms. The molecule has 0 amide bonds. The Morgan fingerprint density at radius 1 is 1.53 bits per heavy atom. The molecule has 2 N–H and O–H groups in total. The van der Waals surface area contributed by atoms with Crippen molar-refractivity contribution in [2.45, 2.75) is 13.3 Å². The molecule has 1 rings (SSSR count). The third-order valence-corrected chi connectivity index (χ3v) is 2.22. The van der Waals surface area contributed by atoms with E-state index in [1.165, 1.54) is 0 Å². The van der Waals surface area contributed by atoms with Gasteiger partial charge in [-0.1, -0.05) is 0 Å². The molecule has 0 radical (unpaired) electrons. The van der Waals surface area contributed by atoms with Crippen LogP contribution in [0, 0.1) is 6.92 Å². The maximum absolute atomic E-state index is 11.9. The lowest BCUT2D eigenvalue weighted by Crippen LogP contribution is -2.12. The van der Waals surface area contributed by atoms with E-state index in [2.05, 4.69) is 4.99 Å². The maximum Gasteiger partial charge on any atom is 0.272 e. The van der Waals surface area contributed by atoms with Gasteiger partial charge < -0.3 is 10.5 Å². The summed E-state index contributed by atoms with van der Waals surface area (Å²) in [6.45, 7) is 1.17. The van der Waals surface area contributed by atoms with Crippen molar-refractivity contribution in [1.29, 1.82) is 0 Å². The van der Waals surface area contributed by atoms with E-state index in [0.717, 1.165) is 5.56 Å². The minimum absolute atomic E-state index is 0.142. The molecule has 0 unspecified atom stereocenters. The van der Waals surface area contributed by atoms with E-state index in [-0.39, 0.29) is 5.88 Å². The van der Waals surface area contributed by atoms with Crippen LogP contribution in [0.15, 0.2) is 23.2 Å². The van der Waals surface area contributed by atoms with Crippen LogP contribution in [0.3, 0.4) is 0 Å². The second kappa shape index (κ2) is 6.39. The largest absolute Gasteiger partial charge is 0.488 e. The highest BCUT2D eigenvalue weighted by molar-refractivity contribution is 6.28. The number of nitrogens with zero attached hydrogens (tertiary/aromatic N) is 1. The van der Waals surface area contributed by atoms with Crippen molar-refractivity contribution >= 4 is 23.1 Å². The Hall–Kier alpha value is -1.36. The summed E-state index contributed by atoms with van der Waals surface area (Å²) in [5, 5.41) is 0. The summed E-state index contributed by atoms with van der Waals surface area (Å²) in [4.78, 5) is 4.07. The van der Waals surface area contributed by atoms with Crippen LogP contribution in [0.1, 0.15) is 5.56 Å². The summed E-state index contributed by atoms with van der Waals surface area (Å²) in [5.41, 5.74) is 6.93. The molecule has 0 aliphatic rings. The lowest BCUT2D eigenvalue weighted by molar-refractivity contribution is 0.0819. The molecule has 0 saturated carbocycles. The first-order chi connectivity index (χ1) is 8.02. The molecule has 1 aromatic rings. The van der Waals surface area contributed by atoms with E-state index in [1.54, 1.807) is 25.1 Å². The molecule has 3 nitrogen and oxygen atoms in total. The molecular formula is C11H13ClF2N2O. The number of rotatable bonds is 5. The standard InChI is InChI=1S/C11H13ClF2N2O/c1-7-4-8(17-6-10(13)14)2-3-9(7)16-11(15)5-12/h2-4,10H,5-6H2,1H3,(H2,15,16).